The van der Waals surface area contributed by atoms with E-state index in [1.54, 1.807) is 4.90 Å². The Labute approximate surface area is 113 Å². The molecule has 0 atom stereocenters. The van der Waals surface area contributed by atoms with Crippen molar-refractivity contribution in [1.29, 1.82) is 0 Å². The molecule has 0 unspecified atom stereocenters. The minimum atomic E-state index is -0.468. The lowest BCUT2D eigenvalue weighted by molar-refractivity contribution is 0.0595. The standard InChI is InChI=1S/C14H20FN3O/c1-10(2)17-3-5-18(6-4-17)14(19)11-7-12(15)9-13(16)8-11/h7-10H,3-6,16H2,1-2H3. The molecule has 19 heavy (non-hydrogen) atoms. The molecule has 1 aromatic carbocycles. The summed E-state index contributed by atoms with van der Waals surface area (Å²) in [6.07, 6.45) is 0. The second kappa shape index (κ2) is 5.57. The van der Waals surface area contributed by atoms with Crippen LogP contribution in [0.4, 0.5) is 10.1 Å². The van der Waals surface area contributed by atoms with Crippen LogP contribution in [0.1, 0.15) is 24.2 Å². The quantitative estimate of drug-likeness (QED) is 0.826. The average Bonchev–Trinajstić information content (AvgIpc) is 2.37. The van der Waals surface area contributed by atoms with Gasteiger partial charge >= 0.3 is 0 Å². The summed E-state index contributed by atoms with van der Waals surface area (Å²) in [5.41, 5.74) is 6.18. The maximum absolute atomic E-state index is 13.3. The summed E-state index contributed by atoms with van der Waals surface area (Å²) in [4.78, 5) is 16.3. The third kappa shape index (κ3) is 3.23. The van der Waals surface area contributed by atoms with Gasteiger partial charge in [0, 0.05) is 43.5 Å². The highest BCUT2D eigenvalue weighted by Crippen LogP contribution is 2.15. The van der Waals surface area contributed by atoms with Crippen LogP contribution < -0.4 is 5.73 Å². The summed E-state index contributed by atoms with van der Waals surface area (Å²) in [6, 6.07) is 4.48. The molecule has 1 aromatic rings. The molecule has 1 aliphatic rings. The minimum Gasteiger partial charge on any atom is -0.399 e. The molecule has 2 rings (SSSR count). The first-order valence-electron chi connectivity index (χ1n) is 6.57. The van der Waals surface area contributed by atoms with Crippen LogP contribution in [0.15, 0.2) is 18.2 Å². The summed E-state index contributed by atoms with van der Waals surface area (Å²) < 4.78 is 13.3. The molecule has 1 heterocycles. The number of rotatable bonds is 2. The zero-order chi connectivity index (χ0) is 14.0. The molecule has 0 aliphatic carbocycles. The molecule has 4 nitrogen and oxygen atoms in total. The predicted molar refractivity (Wildman–Crippen MR) is 73.4 cm³/mol. The lowest BCUT2D eigenvalue weighted by Crippen LogP contribution is -2.50. The van der Waals surface area contributed by atoms with E-state index >= 15 is 0 Å². The highest BCUT2D eigenvalue weighted by molar-refractivity contribution is 5.95. The zero-order valence-corrected chi connectivity index (χ0v) is 11.4. The van der Waals surface area contributed by atoms with E-state index in [2.05, 4.69) is 18.7 Å². The van der Waals surface area contributed by atoms with Crippen molar-refractivity contribution in [1.82, 2.24) is 9.80 Å². The summed E-state index contributed by atoms with van der Waals surface area (Å²) in [5, 5.41) is 0. The smallest absolute Gasteiger partial charge is 0.254 e. The summed E-state index contributed by atoms with van der Waals surface area (Å²) in [5.74, 6) is -0.612. The Kier molecular flexibility index (Phi) is 4.04. The van der Waals surface area contributed by atoms with E-state index in [9.17, 15) is 9.18 Å². The Balaban J connectivity index is 2.05. The van der Waals surface area contributed by atoms with Crippen molar-refractivity contribution in [2.45, 2.75) is 19.9 Å². The van der Waals surface area contributed by atoms with Crippen LogP contribution in [0.5, 0.6) is 0 Å². The topological polar surface area (TPSA) is 49.6 Å². The van der Waals surface area contributed by atoms with E-state index < -0.39 is 5.82 Å². The van der Waals surface area contributed by atoms with Crippen molar-refractivity contribution >= 4 is 11.6 Å². The van der Waals surface area contributed by atoms with Gasteiger partial charge in [-0.2, -0.15) is 0 Å². The highest BCUT2D eigenvalue weighted by Gasteiger charge is 2.23. The summed E-state index contributed by atoms with van der Waals surface area (Å²) in [7, 11) is 0. The largest absolute Gasteiger partial charge is 0.399 e. The normalized spacial score (nSPS) is 16.9. The first kappa shape index (κ1) is 13.8. The number of carbonyl (C=O) groups excluding carboxylic acids is 1. The van der Waals surface area contributed by atoms with E-state index in [-0.39, 0.29) is 11.6 Å². The van der Waals surface area contributed by atoms with Gasteiger partial charge in [0.05, 0.1) is 0 Å². The Hall–Kier alpha value is -1.62. The van der Waals surface area contributed by atoms with E-state index in [1.165, 1.54) is 18.2 Å². The van der Waals surface area contributed by atoms with Gasteiger partial charge in [-0.25, -0.2) is 4.39 Å². The van der Waals surface area contributed by atoms with Crippen molar-refractivity contribution in [2.75, 3.05) is 31.9 Å². The monoisotopic (exact) mass is 265 g/mol. The number of carbonyl (C=O) groups is 1. The number of anilines is 1. The Bertz CT molecular complexity index is 448. The van der Waals surface area contributed by atoms with Crippen molar-refractivity contribution in [3.05, 3.63) is 29.6 Å². The van der Waals surface area contributed by atoms with Gasteiger partial charge in [0.25, 0.3) is 5.91 Å². The first-order chi connectivity index (χ1) is 8.97. The van der Waals surface area contributed by atoms with Crippen LogP contribution in [0, 0.1) is 5.82 Å². The molecule has 5 heteroatoms. The minimum absolute atomic E-state index is 0.144. The third-order valence-electron chi connectivity index (χ3n) is 3.50. The molecule has 1 saturated heterocycles. The molecular formula is C14H20FN3O. The van der Waals surface area contributed by atoms with Crippen molar-refractivity contribution in [2.24, 2.45) is 0 Å². The van der Waals surface area contributed by atoms with Gasteiger partial charge < -0.3 is 10.6 Å². The summed E-state index contributed by atoms with van der Waals surface area (Å²) >= 11 is 0. The lowest BCUT2D eigenvalue weighted by Gasteiger charge is -2.37. The van der Waals surface area contributed by atoms with Gasteiger partial charge in [-0.05, 0) is 32.0 Å². The fourth-order valence-electron chi connectivity index (χ4n) is 2.36. The predicted octanol–water partition coefficient (Wildman–Crippen LogP) is 1.57. The van der Waals surface area contributed by atoms with Crippen molar-refractivity contribution < 1.29 is 9.18 Å². The molecule has 0 saturated carbocycles. The lowest BCUT2D eigenvalue weighted by atomic mass is 10.1. The maximum atomic E-state index is 13.3. The van der Waals surface area contributed by atoms with Crippen LogP contribution in [0.2, 0.25) is 0 Å². The molecule has 1 amide bonds. The molecular weight excluding hydrogens is 245 g/mol. The fourth-order valence-corrected chi connectivity index (χ4v) is 2.36. The van der Waals surface area contributed by atoms with E-state index in [0.29, 0.717) is 24.7 Å². The number of hydrogen-bond acceptors (Lipinski definition) is 3. The second-order valence-electron chi connectivity index (χ2n) is 5.20. The fraction of sp³-hybridized carbons (Fsp3) is 0.500. The van der Waals surface area contributed by atoms with Crippen molar-refractivity contribution in [3.63, 3.8) is 0 Å². The van der Waals surface area contributed by atoms with Gasteiger partial charge in [0.2, 0.25) is 0 Å². The molecule has 0 bridgehead atoms. The molecule has 0 aromatic heterocycles. The molecule has 0 radical (unpaired) electrons. The van der Waals surface area contributed by atoms with Gasteiger partial charge in [0.1, 0.15) is 5.82 Å². The van der Waals surface area contributed by atoms with Crippen LogP contribution in [-0.4, -0.2) is 47.9 Å². The van der Waals surface area contributed by atoms with Crippen LogP contribution in [0.3, 0.4) is 0 Å². The first-order valence-corrected chi connectivity index (χ1v) is 6.57. The number of nitrogen functional groups attached to an aromatic ring is 1. The van der Waals surface area contributed by atoms with Gasteiger partial charge in [-0.1, -0.05) is 0 Å². The Morgan fingerprint density at radius 1 is 1.21 bits per heavy atom. The number of halogens is 1. The number of benzene rings is 1. The number of nitrogens with two attached hydrogens (primary N) is 1. The molecule has 0 spiro atoms. The van der Waals surface area contributed by atoms with E-state index in [4.69, 9.17) is 5.73 Å². The van der Waals surface area contributed by atoms with E-state index in [1.807, 2.05) is 0 Å². The van der Waals surface area contributed by atoms with Crippen LogP contribution >= 0.6 is 0 Å². The zero-order valence-electron chi connectivity index (χ0n) is 11.4. The molecule has 1 fully saturated rings. The Morgan fingerprint density at radius 3 is 2.37 bits per heavy atom. The number of nitrogens with zero attached hydrogens (tertiary/aromatic N) is 2. The van der Waals surface area contributed by atoms with Gasteiger partial charge in [-0.15, -0.1) is 0 Å². The van der Waals surface area contributed by atoms with Crippen LogP contribution in [-0.2, 0) is 0 Å². The molecule has 104 valence electrons. The second-order valence-corrected chi connectivity index (χ2v) is 5.20. The van der Waals surface area contributed by atoms with Crippen LogP contribution in [0.25, 0.3) is 0 Å². The number of amides is 1. The van der Waals surface area contributed by atoms with Gasteiger partial charge in [-0.3, -0.25) is 9.69 Å². The van der Waals surface area contributed by atoms with E-state index in [0.717, 1.165) is 13.1 Å². The van der Waals surface area contributed by atoms with Gasteiger partial charge in [0.15, 0.2) is 0 Å². The number of piperazine rings is 1. The highest BCUT2D eigenvalue weighted by atomic mass is 19.1. The summed E-state index contributed by atoms with van der Waals surface area (Å²) in [6.45, 7) is 7.35. The third-order valence-corrected chi connectivity index (χ3v) is 3.50. The molecule has 1 aliphatic heterocycles. The average molecular weight is 265 g/mol. The van der Waals surface area contributed by atoms with Crippen molar-refractivity contribution in [3.8, 4) is 0 Å². The maximum Gasteiger partial charge on any atom is 0.254 e. The Morgan fingerprint density at radius 2 is 1.84 bits per heavy atom. The number of hydrogen-bond donors (Lipinski definition) is 1. The molecule has 2 N–H and O–H groups in total. The SMILES string of the molecule is CC(C)N1CCN(C(=O)c2cc(N)cc(F)c2)CC1.